The highest BCUT2D eigenvalue weighted by Crippen LogP contribution is 2.26. The van der Waals surface area contributed by atoms with Crippen LogP contribution in [0.1, 0.15) is 12.7 Å². The third-order valence-corrected chi connectivity index (χ3v) is 4.02. The van der Waals surface area contributed by atoms with E-state index in [-0.39, 0.29) is 0 Å². The third kappa shape index (κ3) is 2.97. The molecule has 124 valence electrons. The van der Waals surface area contributed by atoms with Gasteiger partial charge in [-0.2, -0.15) is 0 Å². The van der Waals surface area contributed by atoms with Gasteiger partial charge in [0.2, 0.25) is 0 Å². The number of benzene rings is 2. The minimum atomic E-state index is 0.814. The maximum absolute atomic E-state index is 5.25. The zero-order valence-electron chi connectivity index (χ0n) is 14.5. The number of hydrogen-bond acceptors (Lipinski definition) is 4. The zero-order chi connectivity index (χ0) is 17.1. The van der Waals surface area contributed by atoms with Gasteiger partial charge in [-0.15, -0.1) is 10.2 Å². The van der Waals surface area contributed by atoms with Crippen LogP contribution in [-0.4, -0.2) is 36.0 Å². The molecule has 1 aromatic heterocycles. The molecule has 3 aromatic rings. The van der Waals surface area contributed by atoms with Crippen LogP contribution in [0.15, 0.2) is 48.5 Å². The Morgan fingerprint density at radius 2 is 1.62 bits per heavy atom. The number of rotatable bonds is 5. The van der Waals surface area contributed by atoms with E-state index in [4.69, 9.17) is 4.74 Å². The van der Waals surface area contributed by atoms with E-state index < -0.39 is 0 Å². The highest BCUT2D eigenvalue weighted by molar-refractivity contribution is 5.62. The molecule has 5 heteroatoms. The molecule has 0 aliphatic heterocycles. The minimum Gasteiger partial charge on any atom is -0.497 e. The van der Waals surface area contributed by atoms with Crippen LogP contribution in [0.4, 0.5) is 5.69 Å². The molecule has 0 N–H and O–H groups in total. The summed E-state index contributed by atoms with van der Waals surface area (Å²) in [6.45, 7) is 2.09. The average molecular weight is 322 g/mol. The lowest BCUT2D eigenvalue weighted by Gasteiger charge is -2.14. The SMILES string of the molecule is CCc1nnc(-c2ccc(N(C)C)cc2)n1-c1ccc(OC)cc1. The van der Waals surface area contributed by atoms with Crippen molar-refractivity contribution in [3.8, 4) is 22.8 Å². The molecule has 0 saturated carbocycles. The molecule has 24 heavy (non-hydrogen) atoms. The lowest BCUT2D eigenvalue weighted by molar-refractivity contribution is 0.414. The molecule has 0 amide bonds. The summed E-state index contributed by atoms with van der Waals surface area (Å²) in [5.41, 5.74) is 3.23. The van der Waals surface area contributed by atoms with Crippen LogP contribution in [0.3, 0.4) is 0 Å². The maximum atomic E-state index is 5.25. The van der Waals surface area contributed by atoms with Crippen LogP contribution in [-0.2, 0) is 6.42 Å². The van der Waals surface area contributed by atoms with Gasteiger partial charge < -0.3 is 9.64 Å². The van der Waals surface area contributed by atoms with Crippen molar-refractivity contribution in [1.29, 1.82) is 0 Å². The fourth-order valence-electron chi connectivity index (χ4n) is 2.64. The molecule has 0 aliphatic carbocycles. The first-order valence-corrected chi connectivity index (χ1v) is 8.00. The minimum absolute atomic E-state index is 0.814. The standard InChI is InChI=1S/C19H22N4O/c1-5-18-20-21-19(14-6-8-15(9-7-14)22(2)3)23(18)16-10-12-17(24-4)13-11-16/h6-13H,5H2,1-4H3. The van der Waals surface area contributed by atoms with Gasteiger partial charge in [0.1, 0.15) is 11.6 Å². The molecule has 0 atom stereocenters. The number of aromatic nitrogens is 3. The Morgan fingerprint density at radius 1 is 0.958 bits per heavy atom. The molecule has 5 nitrogen and oxygen atoms in total. The Bertz CT molecular complexity index is 804. The monoisotopic (exact) mass is 322 g/mol. The largest absolute Gasteiger partial charge is 0.497 e. The predicted octanol–water partition coefficient (Wildman–Crippen LogP) is 3.57. The molecule has 0 fully saturated rings. The number of anilines is 1. The van der Waals surface area contributed by atoms with Crippen molar-refractivity contribution in [2.45, 2.75) is 13.3 Å². The van der Waals surface area contributed by atoms with Gasteiger partial charge in [0.25, 0.3) is 0 Å². The molecule has 0 bridgehead atoms. The van der Waals surface area contributed by atoms with Crippen molar-refractivity contribution in [1.82, 2.24) is 14.8 Å². The topological polar surface area (TPSA) is 43.2 Å². The summed E-state index contributed by atoms with van der Waals surface area (Å²) in [4.78, 5) is 2.08. The van der Waals surface area contributed by atoms with E-state index in [1.807, 2.05) is 38.4 Å². The number of methoxy groups -OCH3 is 1. The summed E-state index contributed by atoms with van der Waals surface area (Å²) >= 11 is 0. The third-order valence-electron chi connectivity index (χ3n) is 4.02. The fraction of sp³-hybridized carbons (Fsp3) is 0.263. The Morgan fingerprint density at radius 3 is 2.17 bits per heavy atom. The molecule has 1 heterocycles. The van der Waals surface area contributed by atoms with E-state index in [0.717, 1.165) is 40.8 Å². The van der Waals surface area contributed by atoms with Crippen molar-refractivity contribution in [2.75, 3.05) is 26.1 Å². The van der Waals surface area contributed by atoms with Gasteiger partial charge in [-0.1, -0.05) is 6.92 Å². The van der Waals surface area contributed by atoms with Crippen molar-refractivity contribution in [3.63, 3.8) is 0 Å². The van der Waals surface area contributed by atoms with Crippen LogP contribution in [0.5, 0.6) is 5.75 Å². The lowest BCUT2D eigenvalue weighted by atomic mass is 10.1. The normalized spacial score (nSPS) is 10.7. The van der Waals surface area contributed by atoms with Gasteiger partial charge in [0.15, 0.2) is 5.82 Å². The van der Waals surface area contributed by atoms with Gasteiger partial charge in [-0.05, 0) is 48.5 Å². The second-order valence-corrected chi connectivity index (χ2v) is 5.77. The molecular formula is C19H22N4O. The number of nitrogens with zero attached hydrogens (tertiary/aromatic N) is 4. The Labute approximate surface area is 142 Å². The smallest absolute Gasteiger partial charge is 0.168 e. The summed E-state index contributed by atoms with van der Waals surface area (Å²) in [6.07, 6.45) is 0.814. The Balaban J connectivity index is 2.07. The zero-order valence-corrected chi connectivity index (χ0v) is 14.5. The molecule has 3 rings (SSSR count). The predicted molar refractivity (Wildman–Crippen MR) is 97.1 cm³/mol. The van der Waals surface area contributed by atoms with E-state index in [1.165, 1.54) is 0 Å². The first-order chi connectivity index (χ1) is 11.6. The van der Waals surface area contributed by atoms with Crippen LogP contribution < -0.4 is 9.64 Å². The quantitative estimate of drug-likeness (QED) is 0.720. The van der Waals surface area contributed by atoms with Crippen molar-refractivity contribution < 1.29 is 4.74 Å². The van der Waals surface area contributed by atoms with E-state index >= 15 is 0 Å². The summed E-state index contributed by atoms with van der Waals surface area (Å²) in [5, 5.41) is 8.78. The Kier molecular flexibility index (Phi) is 4.51. The lowest BCUT2D eigenvalue weighted by Crippen LogP contribution is -2.08. The molecule has 0 spiro atoms. The molecule has 0 aliphatic rings. The molecule has 0 radical (unpaired) electrons. The van der Waals surface area contributed by atoms with Gasteiger partial charge in [0.05, 0.1) is 7.11 Å². The Hall–Kier alpha value is -2.82. The first kappa shape index (κ1) is 16.1. The highest BCUT2D eigenvalue weighted by atomic mass is 16.5. The van der Waals surface area contributed by atoms with E-state index in [0.29, 0.717) is 0 Å². The van der Waals surface area contributed by atoms with Crippen molar-refractivity contribution >= 4 is 5.69 Å². The number of hydrogen-bond donors (Lipinski definition) is 0. The molecular weight excluding hydrogens is 300 g/mol. The van der Waals surface area contributed by atoms with Gasteiger partial charge in [-0.25, -0.2) is 0 Å². The van der Waals surface area contributed by atoms with Gasteiger partial charge in [0, 0.05) is 37.5 Å². The van der Waals surface area contributed by atoms with Gasteiger partial charge >= 0.3 is 0 Å². The van der Waals surface area contributed by atoms with Crippen LogP contribution in [0.2, 0.25) is 0 Å². The first-order valence-electron chi connectivity index (χ1n) is 8.00. The van der Waals surface area contributed by atoms with Crippen molar-refractivity contribution in [2.24, 2.45) is 0 Å². The summed E-state index contributed by atoms with van der Waals surface area (Å²) in [5.74, 6) is 2.62. The second kappa shape index (κ2) is 6.74. The van der Waals surface area contributed by atoms with Crippen LogP contribution in [0, 0.1) is 0 Å². The summed E-state index contributed by atoms with van der Waals surface area (Å²) in [7, 11) is 5.73. The number of ether oxygens (including phenoxy) is 1. The van der Waals surface area contributed by atoms with E-state index in [2.05, 4.69) is 50.9 Å². The second-order valence-electron chi connectivity index (χ2n) is 5.77. The summed E-state index contributed by atoms with van der Waals surface area (Å²) < 4.78 is 7.35. The fourth-order valence-corrected chi connectivity index (χ4v) is 2.64. The number of aryl methyl sites for hydroxylation is 1. The van der Waals surface area contributed by atoms with Gasteiger partial charge in [-0.3, -0.25) is 4.57 Å². The molecule has 0 saturated heterocycles. The highest BCUT2D eigenvalue weighted by Gasteiger charge is 2.14. The maximum Gasteiger partial charge on any atom is 0.168 e. The van der Waals surface area contributed by atoms with Crippen molar-refractivity contribution in [3.05, 3.63) is 54.4 Å². The molecule has 2 aromatic carbocycles. The van der Waals surface area contributed by atoms with Crippen LogP contribution in [0.25, 0.3) is 17.1 Å². The average Bonchev–Trinajstić information content (AvgIpc) is 3.06. The van der Waals surface area contributed by atoms with Crippen LogP contribution >= 0.6 is 0 Å². The summed E-state index contributed by atoms with van der Waals surface area (Å²) in [6, 6.07) is 16.3. The van der Waals surface area contributed by atoms with E-state index in [9.17, 15) is 0 Å². The van der Waals surface area contributed by atoms with E-state index in [1.54, 1.807) is 7.11 Å². The molecule has 0 unspecified atom stereocenters.